The lowest BCUT2D eigenvalue weighted by molar-refractivity contribution is 0.379. The van der Waals surface area contributed by atoms with Crippen LogP contribution in [0.4, 0.5) is 11.9 Å². The Morgan fingerprint density at radius 2 is 2.07 bits per heavy atom. The zero-order valence-electron chi connectivity index (χ0n) is 8.14. The molecule has 14 heavy (non-hydrogen) atoms. The van der Waals surface area contributed by atoms with Crippen molar-refractivity contribution in [3.8, 4) is 12.2 Å². The molecular formula is C7H10N6O. The molecule has 1 aromatic rings. The molecule has 7 nitrogen and oxygen atoms in total. The van der Waals surface area contributed by atoms with Gasteiger partial charge in [-0.1, -0.05) is 0 Å². The molecule has 74 valence electrons. The number of nitriles is 1. The minimum atomic E-state index is 0.168. The molecule has 1 heterocycles. The van der Waals surface area contributed by atoms with Crippen LogP contribution in [0.25, 0.3) is 0 Å². The van der Waals surface area contributed by atoms with Gasteiger partial charge < -0.3 is 9.64 Å². The molecule has 0 unspecified atom stereocenters. The Morgan fingerprint density at radius 3 is 2.57 bits per heavy atom. The molecule has 0 saturated heterocycles. The average molecular weight is 194 g/mol. The number of ether oxygens (including phenoxy) is 1. The molecule has 1 N–H and O–H groups in total. The van der Waals surface area contributed by atoms with Crippen molar-refractivity contribution in [3.63, 3.8) is 0 Å². The van der Waals surface area contributed by atoms with Crippen LogP contribution in [-0.2, 0) is 0 Å². The van der Waals surface area contributed by atoms with Crippen LogP contribution < -0.4 is 15.0 Å². The van der Waals surface area contributed by atoms with Crippen molar-refractivity contribution in [1.29, 1.82) is 5.26 Å². The van der Waals surface area contributed by atoms with E-state index in [1.54, 1.807) is 25.2 Å². The maximum atomic E-state index is 8.40. The molecule has 0 aliphatic rings. The maximum Gasteiger partial charge on any atom is 0.322 e. The number of nitrogens with one attached hydrogen (secondary N) is 1. The summed E-state index contributed by atoms with van der Waals surface area (Å²) >= 11 is 0. The molecule has 1 rings (SSSR count). The zero-order valence-corrected chi connectivity index (χ0v) is 8.14. The predicted molar refractivity (Wildman–Crippen MR) is 49.9 cm³/mol. The van der Waals surface area contributed by atoms with Gasteiger partial charge in [-0.2, -0.15) is 20.2 Å². The van der Waals surface area contributed by atoms with Crippen molar-refractivity contribution in [2.75, 3.05) is 31.4 Å². The summed E-state index contributed by atoms with van der Waals surface area (Å²) in [5.41, 5.74) is 0. The first-order chi connectivity index (χ1) is 6.67. The smallest absolute Gasteiger partial charge is 0.322 e. The third-order valence-electron chi connectivity index (χ3n) is 1.35. The van der Waals surface area contributed by atoms with E-state index in [4.69, 9.17) is 10.00 Å². The Hall–Kier alpha value is -2.10. The Balaban J connectivity index is 3.08. The van der Waals surface area contributed by atoms with E-state index in [0.717, 1.165) is 0 Å². The quantitative estimate of drug-likeness (QED) is 0.528. The molecular weight excluding hydrogens is 184 g/mol. The van der Waals surface area contributed by atoms with Crippen LogP contribution in [0.15, 0.2) is 0 Å². The normalized spacial score (nSPS) is 9.00. The highest BCUT2D eigenvalue weighted by Crippen LogP contribution is 2.11. The Kier molecular flexibility index (Phi) is 3.01. The lowest BCUT2D eigenvalue weighted by Crippen LogP contribution is -2.15. The fraction of sp³-hybridized carbons (Fsp3) is 0.429. The minimum Gasteiger partial charge on any atom is -0.467 e. The lowest BCUT2D eigenvalue weighted by Gasteiger charge is -2.10. The first-order valence-corrected chi connectivity index (χ1v) is 3.80. The fourth-order valence-corrected chi connectivity index (χ4v) is 0.743. The number of methoxy groups -OCH3 is 1. The third kappa shape index (κ3) is 2.20. The van der Waals surface area contributed by atoms with Gasteiger partial charge in [-0.3, -0.25) is 5.32 Å². The summed E-state index contributed by atoms with van der Waals surface area (Å²) in [4.78, 5) is 13.4. The number of rotatable bonds is 3. The van der Waals surface area contributed by atoms with E-state index >= 15 is 0 Å². The summed E-state index contributed by atoms with van der Waals surface area (Å²) in [5, 5.41) is 10.7. The largest absolute Gasteiger partial charge is 0.467 e. The van der Waals surface area contributed by atoms with Crippen LogP contribution in [0, 0.1) is 11.5 Å². The number of hydrogen-bond acceptors (Lipinski definition) is 7. The highest BCUT2D eigenvalue weighted by atomic mass is 16.5. The lowest BCUT2D eigenvalue weighted by atomic mass is 10.7. The van der Waals surface area contributed by atoms with E-state index in [1.807, 2.05) is 0 Å². The summed E-state index contributed by atoms with van der Waals surface area (Å²) in [7, 11) is 5.01. The van der Waals surface area contributed by atoms with Crippen LogP contribution in [0.3, 0.4) is 0 Å². The molecule has 0 radical (unpaired) electrons. The maximum absolute atomic E-state index is 8.40. The van der Waals surface area contributed by atoms with Crippen molar-refractivity contribution < 1.29 is 4.74 Å². The van der Waals surface area contributed by atoms with Crippen molar-refractivity contribution in [2.45, 2.75) is 0 Å². The van der Waals surface area contributed by atoms with Gasteiger partial charge >= 0.3 is 6.01 Å². The molecule has 0 spiro atoms. The van der Waals surface area contributed by atoms with Crippen LogP contribution in [0.2, 0.25) is 0 Å². The van der Waals surface area contributed by atoms with E-state index in [9.17, 15) is 0 Å². The van der Waals surface area contributed by atoms with Gasteiger partial charge in [-0.25, -0.2) is 0 Å². The van der Waals surface area contributed by atoms with Gasteiger partial charge in [-0.15, -0.1) is 0 Å². The number of anilines is 2. The molecule has 0 saturated carbocycles. The Labute approximate surface area is 81.4 Å². The topological polar surface area (TPSA) is 87.0 Å². The van der Waals surface area contributed by atoms with Crippen LogP contribution in [0.5, 0.6) is 6.01 Å². The van der Waals surface area contributed by atoms with Crippen LogP contribution in [0.1, 0.15) is 0 Å². The summed E-state index contributed by atoms with van der Waals surface area (Å²) < 4.78 is 4.85. The van der Waals surface area contributed by atoms with Gasteiger partial charge in [0.2, 0.25) is 11.9 Å². The minimum absolute atomic E-state index is 0.168. The highest BCUT2D eigenvalue weighted by Gasteiger charge is 2.07. The monoisotopic (exact) mass is 194 g/mol. The van der Waals surface area contributed by atoms with E-state index in [1.165, 1.54) is 7.11 Å². The predicted octanol–water partition coefficient (Wildman–Crippen LogP) is -0.161. The molecule has 0 aromatic carbocycles. The second-order valence-electron chi connectivity index (χ2n) is 2.58. The van der Waals surface area contributed by atoms with Crippen molar-refractivity contribution >= 4 is 11.9 Å². The SMILES string of the molecule is COc1nc(NC#N)nc(N(C)C)n1. The molecule has 0 bridgehead atoms. The second-order valence-corrected chi connectivity index (χ2v) is 2.58. The van der Waals surface area contributed by atoms with E-state index < -0.39 is 0 Å². The van der Waals surface area contributed by atoms with Gasteiger partial charge in [-0.05, 0) is 0 Å². The van der Waals surface area contributed by atoms with Crippen molar-refractivity contribution in [3.05, 3.63) is 0 Å². The van der Waals surface area contributed by atoms with E-state index in [2.05, 4.69) is 20.3 Å². The summed E-state index contributed by atoms with van der Waals surface area (Å²) in [6, 6.07) is 0.168. The van der Waals surface area contributed by atoms with E-state index in [-0.39, 0.29) is 12.0 Å². The number of hydrogen-bond donors (Lipinski definition) is 1. The summed E-state index contributed by atoms with van der Waals surface area (Å²) in [6.07, 6.45) is 1.72. The molecule has 7 heteroatoms. The average Bonchev–Trinajstić information content (AvgIpc) is 2.17. The van der Waals surface area contributed by atoms with Gasteiger partial charge in [0.1, 0.15) is 0 Å². The zero-order chi connectivity index (χ0) is 10.6. The molecule has 0 aliphatic carbocycles. The van der Waals surface area contributed by atoms with Gasteiger partial charge in [0.25, 0.3) is 0 Å². The van der Waals surface area contributed by atoms with Gasteiger partial charge in [0.15, 0.2) is 6.19 Å². The molecule has 0 fully saturated rings. The summed E-state index contributed by atoms with van der Waals surface area (Å²) in [6.45, 7) is 0. The van der Waals surface area contributed by atoms with Gasteiger partial charge in [0.05, 0.1) is 7.11 Å². The van der Waals surface area contributed by atoms with E-state index in [0.29, 0.717) is 5.95 Å². The van der Waals surface area contributed by atoms with Crippen molar-refractivity contribution in [1.82, 2.24) is 15.0 Å². The van der Waals surface area contributed by atoms with Crippen LogP contribution in [-0.4, -0.2) is 36.2 Å². The first kappa shape index (κ1) is 9.98. The van der Waals surface area contributed by atoms with Crippen LogP contribution >= 0.6 is 0 Å². The highest BCUT2D eigenvalue weighted by molar-refractivity contribution is 5.39. The van der Waals surface area contributed by atoms with Gasteiger partial charge in [0, 0.05) is 14.1 Å². The third-order valence-corrected chi connectivity index (χ3v) is 1.35. The first-order valence-electron chi connectivity index (χ1n) is 3.80. The fourth-order valence-electron chi connectivity index (χ4n) is 0.743. The Bertz CT molecular complexity index is 358. The number of nitrogens with zero attached hydrogens (tertiary/aromatic N) is 5. The molecule has 0 aliphatic heterocycles. The number of aromatic nitrogens is 3. The standard InChI is InChI=1S/C7H10N6O/c1-13(2)6-10-5(9-4-8)11-7(12-6)14-3/h1-3H3,(H,9,10,11,12). The van der Waals surface area contributed by atoms with Crippen molar-refractivity contribution in [2.24, 2.45) is 0 Å². The second kappa shape index (κ2) is 4.23. The summed E-state index contributed by atoms with van der Waals surface area (Å²) in [5.74, 6) is 0.595. The molecule has 0 amide bonds. The molecule has 0 atom stereocenters. The Morgan fingerprint density at radius 1 is 1.36 bits per heavy atom. The molecule has 1 aromatic heterocycles.